The molecule has 2 aromatic carbocycles. The molecule has 0 radical (unpaired) electrons. The second-order valence-corrected chi connectivity index (χ2v) is 6.22. The predicted molar refractivity (Wildman–Crippen MR) is 100 cm³/mol. The molecule has 3 aromatic rings. The van der Waals surface area contributed by atoms with Gasteiger partial charge in [-0.15, -0.1) is 0 Å². The average Bonchev–Trinajstić information content (AvgIpc) is 2.59. The van der Waals surface area contributed by atoms with E-state index in [-0.39, 0.29) is 5.91 Å². The quantitative estimate of drug-likeness (QED) is 0.716. The lowest BCUT2D eigenvalue weighted by Crippen LogP contribution is -2.28. The van der Waals surface area contributed by atoms with E-state index in [9.17, 15) is 4.79 Å². The van der Waals surface area contributed by atoms with Gasteiger partial charge in [-0.05, 0) is 30.3 Å². The molecule has 0 spiro atoms. The van der Waals surface area contributed by atoms with E-state index in [0.717, 1.165) is 16.8 Å². The zero-order valence-electron chi connectivity index (χ0n) is 13.8. The fourth-order valence-corrected chi connectivity index (χ4v) is 2.78. The lowest BCUT2D eigenvalue weighted by atomic mass is 10.2. The summed E-state index contributed by atoms with van der Waals surface area (Å²) < 4.78 is 0. The number of anilines is 2. The lowest BCUT2D eigenvalue weighted by Gasteiger charge is -2.24. The molecule has 3 rings (SSSR count). The topological polar surface area (TPSA) is 36.4 Å². The highest BCUT2D eigenvalue weighted by Crippen LogP contribution is 2.28. The predicted octanol–water partition coefficient (Wildman–Crippen LogP) is 4.23. The second-order valence-electron chi connectivity index (χ2n) is 5.78. The Morgan fingerprint density at radius 1 is 0.958 bits per heavy atom. The molecular formula is C19H18ClN3O. The van der Waals surface area contributed by atoms with Crippen LogP contribution in [0, 0.1) is 0 Å². The normalized spacial score (nSPS) is 10.7. The molecule has 1 aromatic heterocycles. The lowest BCUT2D eigenvalue weighted by molar-refractivity contribution is 0.0988. The minimum atomic E-state index is -0.161. The molecule has 0 aliphatic carbocycles. The minimum absolute atomic E-state index is 0.161. The number of para-hydroxylation sites is 2. The van der Waals surface area contributed by atoms with Crippen LogP contribution in [0.5, 0.6) is 0 Å². The maximum atomic E-state index is 12.9. The SMILES string of the molecule is CN(C)c1ccccc1N(C)C(=O)c1ccc2ccc(Cl)cc2n1. The minimum Gasteiger partial charge on any atom is -0.376 e. The van der Waals surface area contributed by atoms with Gasteiger partial charge in [-0.25, -0.2) is 4.98 Å². The molecule has 1 amide bonds. The maximum Gasteiger partial charge on any atom is 0.276 e. The highest BCUT2D eigenvalue weighted by atomic mass is 35.5. The molecule has 0 saturated carbocycles. The number of aromatic nitrogens is 1. The van der Waals surface area contributed by atoms with Gasteiger partial charge in [0, 0.05) is 31.6 Å². The van der Waals surface area contributed by atoms with Crippen LogP contribution in [0.15, 0.2) is 54.6 Å². The highest BCUT2D eigenvalue weighted by molar-refractivity contribution is 6.31. The van der Waals surface area contributed by atoms with E-state index in [1.807, 2.05) is 61.5 Å². The van der Waals surface area contributed by atoms with Gasteiger partial charge in [0.25, 0.3) is 5.91 Å². The van der Waals surface area contributed by atoms with Crippen molar-refractivity contribution in [3.8, 4) is 0 Å². The molecule has 0 bridgehead atoms. The molecule has 4 nitrogen and oxygen atoms in total. The number of benzene rings is 2. The number of fused-ring (bicyclic) bond motifs is 1. The van der Waals surface area contributed by atoms with E-state index in [4.69, 9.17) is 11.6 Å². The number of hydrogen-bond acceptors (Lipinski definition) is 3. The first kappa shape index (κ1) is 16.3. The standard InChI is InChI=1S/C19H18ClN3O/c1-22(2)17-6-4-5-7-18(17)23(3)19(24)15-11-9-13-8-10-14(20)12-16(13)21-15/h4-12H,1-3H3. The van der Waals surface area contributed by atoms with Crippen LogP contribution in [0.4, 0.5) is 11.4 Å². The van der Waals surface area contributed by atoms with Crippen molar-refractivity contribution >= 4 is 39.8 Å². The fraction of sp³-hybridized carbons (Fsp3) is 0.158. The number of rotatable bonds is 3. The molecule has 122 valence electrons. The van der Waals surface area contributed by atoms with E-state index in [2.05, 4.69) is 4.98 Å². The number of carbonyl (C=O) groups is 1. The van der Waals surface area contributed by atoms with Crippen molar-refractivity contribution in [2.75, 3.05) is 30.9 Å². The van der Waals surface area contributed by atoms with E-state index >= 15 is 0 Å². The van der Waals surface area contributed by atoms with Gasteiger partial charge in [-0.3, -0.25) is 4.79 Å². The van der Waals surface area contributed by atoms with Crippen molar-refractivity contribution in [1.29, 1.82) is 0 Å². The van der Waals surface area contributed by atoms with Crippen molar-refractivity contribution in [2.24, 2.45) is 0 Å². The number of halogens is 1. The van der Waals surface area contributed by atoms with Gasteiger partial charge in [0.2, 0.25) is 0 Å². The highest BCUT2D eigenvalue weighted by Gasteiger charge is 2.18. The van der Waals surface area contributed by atoms with Gasteiger partial charge in [0.15, 0.2) is 0 Å². The van der Waals surface area contributed by atoms with Crippen LogP contribution >= 0.6 is 11.6 Å². The largest absolute Gasteiger partial charge is 0.376 e. The molecular weight excluding hydrogens is 322 g/mol. The number of carbonyl (C=O) groups excluding carboxylic acids is 1. The average molecular weight is 340 g/mol. The number of hydrogen-bond donors (Lipinski definition) is 0. The van der Waals surface area contributed by atoms with Gasteiger partial charge in [-0.2, -0.15) is 0 Å². The van der Waals surface area contributed by atoms with Crippen LogP contribution in [0.3, 0.4) is 0 Å². The number of nitrogens with zero attached hydrogens (tertiary/aromatic N) is 3. The molecule has 0 saturated heterocycles. The van der Waals surface area contributed by atoms with E-state index in [1.54, 1.807) is 24.1 Å². The van der Waals surface area contributed by atoms with Gasteiger partial charge in [-0.1, -0.05) is 35.9 Å². The maximum absolute atomic E-state index is 12.9. The molecule has 24 heavy (non-hydrogen) atoms. The summed E-state index contributed by atoms with van der Waals surface area (Å²) in [4.78, 5) is 20.9. The van der Waals surface area contributed by atoms with Crippen LogP contribution in [-0.2, 0) is 0 Å². The number of pyridine rings is 1. The molecule has 1 heterocycles. The van der Waals surface area contributed by atoms with Crippen LogP contribution in [0.2, 0.25) is 5.02 Å². The van der Waals surface area contributed by atoms with Crippen molar-refractivity contribution < 1.29 is 4.79 Å². The smallest absolute Gasteiger partial charge is 0.276 e. The Kier molecular flexibility index (Phi) is 4.40. The van der Waals surface area contributed by atoms with Crippen LogP contribution in [0.1, 0.15) is 10.5 Å². The Hall–Kier alpha value is -2.59. The van der Waals surface area contributed by atoms with Crippen molar-refractivity contribution in [3.63, 3.8) is 0 Å². The number of amides is 1. The monoisotopic (exact) mass is 339 g/mol. The van der Waals surface area contributed by atoms with Crippen molar-refractivity contribution in [1.82, 2.24) is 4.98 Å². The zero-order valence-corrected chi connectivity index (χ0v) is 14.6. The van der Waals surface area contributed by atoms with Crippen molar-refractivity contribution in [2.45, 2.75) is 0 Å². The summed E-state index contributed by atoms with van der Waals surface area (Å²) in [5, 5.41) is 1.55. The van der Waals surface area contributed by atoms with Crippen molar-refractivity contribution in [3.05, 3.63) is 65.3 Å². The Morgan fingerprint density at radius 2 is 1.62 bits per heavy atom. The summed E-state index contributed by atoms with van der Waals surface area (Å²) in [5.74, 6) is -0.161. The fourth-order valence-electron chi connectivity index (χ4n) is 2.62. The Labute approximate surface area is 146 Å². The summed E-state index contributed by atoms with van der Waals surface area (Å²) in [6.45, 7) is 0. The first-order chi connectivity index (χ1) is 11.5. The Morgan fingerprint density at radius 3 is 2.33 bits per heavy atom. The van der Waals surface area contributed by atoms with E-state index in [1.165, 1.54) is 0 Å². The van der Waals surface area contributed by atoms with E-state index < -0.39 is 0 Å². The summed E-state index contributed by atoms with van der Waals surface area (Å²) in [7, 11) is 5.66. The van der Waals surface area contributed by atoms with Gasteiger partial charge in [0.05, 0.1) is 16.9 Å². The molecule has 0 atom stereocenters. The molecule has 5 heteroatoms. The van der Waals surface area contributed by atoms with E-state index in [0.29, 0.717) is 16.2 Å². The summed E-state index contributed by atoms with van der Waals surface area (Å²) in [6.07, 6.45) is 0. The molecule has 0 aliphatic heterocycles. The van der Waals surface area contributed by atoms with Crippen LogP contribution in [0.25, 0.3) is 10.9 Å². The first-order valence-electron chi connectivity index (χ1n) is 7.58. The third kappa shape index (κ3) is 3.05. The third-order valence-electron chi connectivity index (χ3n) is 3.90. The molecule has 0 unspecified atom stereocenters. The Balaban J connectivity index is 1.99. The van der Waals surface area contributed by atoms with Gasteiger partial charge in [0.1, 0.15) is 5.69 Å². The first-order valence-corrected chi connectivity index (χ1v) is 7.96. The van der Waals surface area contributed by atoms with Gasteiger partial charge < -0.3 is 9.80 Å². The second kappa shape index (κ2) is 6.49. The van der Waals surface area contributed by atoms with Crippen LogP contribution in [-0.4, -0.2) is 32.0 Å². The Bertz CT molecular complexity index is 908. The van der Waals surface area contributed by atoms with Crippen LogP contribution < -0.4 is 9.80 Å². The summed E-state index contributed by atoms with van der Waals surface area (Å²) in [6, 6.07) is 16.9. The zero-order chi connectivity index (χ0) is 17.3. The van der Waals surface area contributed by atoms with Gasteiger partial charge >= 0.3 is 0 Å². The summed E-state index contributed by atoms with van der Waals surface area (Å²) in [5.41, 5.74) is 2.90. The summed E-state index contributed by atoms with van der Waals surface area (Å²) >= 11 is 6.02. The molecule has 0 N–H and O–H groups in total. The molecule has 0 fully saturated rings. The third-order valence-corrected chi connectivity index (χ3v) is 4.14. The molecule has 0 aliphatic rings.